The summed E-state index contributed by atoms with van der Waals surface area (Å²) < 4.78 is 12.8. The van der Waals surface area contributed by atoms with Gasteiger partial charge in [-0.05, 0) is 20.4 Å². The maximum absolute atomic E-state index is 12.8. The fraction of sp³-hybridized carbons (Fsp3) is 1.00. The third kappa shape index (κ3) is 1.07. The molecule has 1 fully saturated rings. The van der Waals surface area contributed by atoms with Crippen LogP contribution in [0.1, 0.15) is 13.3 Å². The first-order valence-electron chi connectivity index (χ1n) is 3.24. The van der Waals surface area contributed by atoms with Gasteiger partial charge in [0.25, 0.3) is 0 Å². The smallest absolute Gasteiger partial charge is 0.168 e. The lowest BCUT2D eigenvalue weighted by molar-refractivity contribution is 0.120. The predicted molar refractivity (Wildman–Crippen MR) is 34.7 cm³/mol. The van der Waals surface area contributed by atoms with Crippen LogP contribution in [0.5, 0.6) is 0 Å². The summed E-state index contributed by atoms with van der Waals surface area (Å²) in [6.07, 6.45) is -0.155. The van der Waals surface area contributed by atoms with E-state index in [1.807, 2.05) is 6.92 Å². The monoisotopic (exact) mass is 132 g/mol. The van der Waals surface area contributed by atoms with Gasteiger partial charge in [0.1, 0.15) is 0 Å². The summed E-state index contributed by atoms with van der Waals surface area (Å²) in [4.78, 5) is 1.67. The molecule has 0 aliphatic carbocycles. The molecule has 54 valence electrons. The van der Waals surface area contributed by atoms with Crippen molar-refractivity contribution < 1.29 is 4.39 Å². The third-order valence-electron chi connectivity index (χ3n) is 2.05. The molecule has 2 nitrogen and oxygen atoms in total. The average Bonchev–Trinajstić information content (AvgIpc) is 1.98. The van der Waals surface area contributed by atoms with Crippen LogP contribution >= 0.6 is 0 Å². The molecule has 0 aromatic carbocycles. The molecule has 1 heterocycles. The molecule has 0 saturated carbocycles. The number of rotatable bonds is 0. The van der Waals surface area contributed by atoms with Crippen molar-refractivity contribution in [1.82, 2.24) is 4.90 Å². The van der Waals surface area contributed by atoms with Crippen LogP contribution in [-0.4, -0.2) is 30.3 Å². The van der Waals surface area contributed by atoms with Gasteiger partial charge in [-0.1, -0.05) is 0 Å². The summed E-state index contributed by atoms with van der Waals surface area (Å²) in [6.45, 7) is 1.99. The van der Waals surface area contributed by atoms with Gasteiger partial charge in [-0.25, -0.2) is 4.39 Å². The SMILES string of the molecule is C[C@H]1C[C@H](N)[C@@H](F)N1C. The minimum atomic E-state index is -0.931. The summed E-state index contributed by atoms with van der Waals surface area (Å²) in [7, 11) is 1.77. The third-order valence-corrected chi connectivity index (χ3v) is 2.05. The molecule has 0 radical (unpaired) electrons. The summed E-state index contributed by atoms with van der Waals surface area (Å²) >= 11 is 0. The Bertz CT molecular complexity index is 95.2. The van der Waals surface area contributed by atoms with Crippen molar-refractivity contribution in [3.63, 3.8) is 0 Å². The second kappa shape index (κ2) is 2.23. The average molecular weight is 132 g/mol. The molecule has 9 heavy (non-hydrogen) atoms. The largest absolute Gasteiger partial charge is 0.324 e. The van der Waals surface area contributed by atoms with E-state index in [9.17, 15) is 4.39 Å². The van der Waals surface area contributed by atoms with Gasteiger partial charge in [-0.15, -0.1) is 0 Å². The fourth-order valence-corrected chi connectivity index (χ4v) is 1.22. The Morgan fingerprint density at radius 2 is 2.22 bits per heavy atom. The maximum Gasteiger partial charge on any atom is 0.168 e. The first-order chi connectivity index (χ1) is 4.13. The summed E-state index contributed by atoms with van der Waals surface area (Å²) in [5, 5.41) is 0. The molecule has 0 bridgehead atoms. The number of halogens is 1. The van der Waals surface area contributed by atoms with Crippen molar-refractivity contribution in [2.45, 2.75) is 31.7 Å². The molecule has 0 unspecified atom stereocenters. The Morgan fingerprint density at radius 1 is 1.67 bits per heavy atom. The zero-order valence-electron chi connectivity index (χ0n) is 5.84. The van der Waals surface area contributed by atoms with Crippen molar-refractivity contribution in [1.29, 1.82) is 0 Å². The van der Waals surface area contributed by atoms with Gasteiger partial charge >= 0.3 is 0 Å². The van der Waals surface area contributed by atoms with Gasteiger partial charge in [-0.2, -0.15) is 0 Å². The minimum Gasteiger partial charge on any atom is -0.324 e. The first-order valence-corrected chi connectivity index (χ1v) is 3.24. The summed E-state index contributed by atoms with van der Waals surface area (Å²) in [5.74, 6) is 0. The number of nitrogens with zero attached hydrogens (tertiary/aromatic N) is 1. The van der Waals surface area contributed by atoms with E-state index in [1.54, 1.807) is 11.9 Å². The lowest BCUT2D eigenvalue weighted by atomic mass is 10.2. The zero-order valence-corrected chi connectivity index (χ0v) is 5.84. The van der Waals surface area contributed by atoms with E-state index in [4.69, 9.17) is 5.73 Å². The molecule has 1 aliphatic rings. The predicted octanol–water partition coefficient (Wildman–Crippen LogP) is 0.333. The van der Waals surface area contributed by atoms with Crippen LogP contribution in [0.25, 0.3) is 0 Å². The normalized spacial score (nSPS) is 46.0. The van der Waals surface area contributed by atoms with Gasteiger partial charge < -0.3 is 5.73 Å². The quantitative estimate of drug-likeness (QED) is 0.481. The van der Waals surface area contributed by atoms with Crippen LogP contribution in [0, 0.1) is 0 Å². The number of hydrogen-bond acceptors (Lipinski definition) is 2. The standard InChI is InChI=1S/C6H13FN2/c1-4-3-5(8)6(7)9(4)2/h4-6H,3,8H2,1-2H3/t4-,5-,6-/m0/s1. The van der Waals surface area contributed by atoms with Gasteiger partial charge in [0.05, 0.1) is 6.04 Å². The maximum atomic E-state index is 12.8. The van der Waals surface area contributed by atoms with Crippen molar-refractivity contribution in [3.05, 3.63) is 0 Å². The van der Waals surface area contributed by atoms with Crippen LogP contribution in [0.15, 0.2) is 0 Å². The minimum absolute atomic E-state index is 0.273. The molecule has 0 amide bonds. The molecule has 1 rings (SSSR count). The molecular formula is C6H13FN2. The lowest BCUT2D eigenvalue weighted by Gasteiger charge is -2.16. The van der Waals surface area contributed by atoms with Gasteiger partial charge in [0.2, 0.25) is 0 Å². The molecule has 3 atom stereocenters. The number of nitrogens with two attached hydrogens (primary N) is 1. The second-order valence-electron chi connectivity index (χ2n) is 2.79. The summed E-state index contributed by atoms with van der Waals surface area (Å²) in [6, 6.07) is 0.0278. The van der Waals surface area contributed by atoms with E-state index >= 15 is 0 Å². The molecule has 2 N–H and O–H groups in total. The Morgan fingerprint density at radius 3 is 2.33 bits per heavy atom. The number of likely N-dealkylation sites (N-methyl/N-ethyl adjacent to an activating group) is 1. The van der Waals surface area contributed by atoms with Crippen LogP contribution in [0.4, 0.5) is 4.39 Å². The topological polar surface area (TPSA) is 29.3 Å². The molecule has 1 aliphatic heterocycles. The highest BCUT2D eigenvalue weighted by atomic mass is 19.1. The van der Waals surface area contributed by atoms with Crippen molar-refractivity contribution in [2.75, 3.05) is 7.05 Å². The van der Waals surface area contributed by atoms with Crippen LogP contribution < -0.4 is 5.73 Å². The Balaban J connectivity index is 2.54. The highest BCUT2D eigenvalue weighted by Crippen LogP contribution is 2.20. The van der Waals surface area contributed by atoms with Gasteiger partial charge in [0, 0.05) is 6.04 Å². The highest BCUT2D eigenvalue weighted by molar-refractivity contribution is 4.86. The molecule has 1 saturated heterocycles. The lowest BCUT2D eigenvalue weighted by Crippen LogP contribution is -2.34. The fourth-order valence-electron chi connectivity index (χ4n) is 1.22. The first kappa shape index (κ1) is 6.96. The second-order valence-corrected chi connectivity index (χ2v) is 2.79. The number of hydrogen-bond donors (Lipinski definition) is 1. The van der Waals surface area contributed by atoms with Crippen molar-refractivity contribution in [2.24, 2.45) is 5.73 Å². The zero-order chi connectivity index (χ0) is 7.02. The van der Waals surface area contributed by atoms with Crippen LogP contribution in [0.2, 0.25) is 0 Å². The van der Waals surface area contributed by atoms with Crippen molar-refractivity contribution >= 4 is 0 Å². The molecule has 0 aromatic heterocycles. The molecule has 0 aromatic rings. The highest BCUT2D eigenvalue weighted by Gasteiger charge is 2.33. The molecule has 0 spiro atoms. The van der Waals surface area contributed by atoms with Crippen LogP contribution in [0.3, 0.4) is 0 Å². The van der Waals surface area contributed by atoms with E-state index in [1.165, 1.54) is 0 Å². The molecular weight excluding hydrogens is 119 g/mol. The molecule has 3 heteroatoms. The van der Waals surface area contributed by atoms with E-state index in [2.05, 4.69) is 0 Å². The number of alkyl halides is 1. The van der Waals surface area contributed by atoms with Gasteiger partial charge in [-0.3, -0.25) is 4.90 Å². The van der Waals surface area contributed by atoms with E-state index in [0.717, 1.165) is 6.42 Å². The Labute approximate surface area is 54.8 Å². The Hall–Kier alpha value is -0.150. The summed E-state index contributed by atoms with van der Waals surface area (Å²) in [5.41, 5.74) is 5.44. The van der Waals surface area contributed by atoms with Gasteiger partial charge in [0.15, 0.2) is 6.30 Å². The Kier molecular flexibility index (Phi) is 1.73. The van der Waals surface area contributed by atoms with E-state index < -0.39 is 6.30 Å². The van der Waals surface area contributed by atoms with Crippen LogP contribution in [-0.2, 0) is 0 Å². The van der Waals surface area contributed by atoms with E-state index in [0.29, 0.717) is 6.04 Å². The van der Waals surface area contributed by atoms with E-state index in [-0.39, 0.29) is 6.04 Å². The number of likely N-dealkylation sites (tertiary alicyclic amines) is 1. The van der Waals surface area contributed by atoms with Crippen molar-refractivity contribution in [3.8, 4) is 0 Å².